The molecule has 0 aromatic heterocycles. The van der Waals surface area contributed by atoms with Gasteiger partial charge in [0.05, 0.1) is 18.1 Å². The number of nitrogens with one attached hydrogen (secondary N) is 1. The second kappa shape index (κ2) is 7.94. The number of amides is 1. The summed E-state index contributed by atoms with van der Waals surface area (Å²) in [4.78, 5) is 11.3. The van der Waals surface area contributed by atoms with E-state index in [0.29, 0.717) is 24.6 Å². The average Bonchev–Trinajstić information content (AvgIpc) is 2.09. The van der Waals surface area contributed by atoms with E-state index in [2.05, 4.69) is 17.5 Å². The van der Waals surface area contributed by atoms with Gasteiger partial charge in [-0.2, -0.15) is 0 Å². The van der Waals surface area contributed by atoms with Crippen molar-refractivity contribution in [3.8, 4) is 0 Å². The highest BCUT2D eigenvalue weighted by atomic mass is 32.1. The van der Waals surface area contributed by atoms with Gasteiger partial charge in [-0.05, 0) is 6.42 Å². The first-order valence-corrected chi connectivity index (χ1v) is 4.70. The predicted octanol–water partition coefficient (Wildman–Crippen LogP) is 0.205. The molecule has 0 aliphatic carbocycles. The number of hydrogen-bond acceptors (Lipinski definition) is 3. The summed E-state index contributed by atoms with van der Waals surface area (Å²) in [6.45, 7) is 3.44. The van der Waals surface area contributed by atoms with Crippen LogP contribution < -0.4 is 11.1 Å². The van der Waals surface area contributed by atoms with E-state index >= 15 is 0 Å². The van der Waals surface area contributed by atoms with Gasteiger partial charge in [0, 0.05) is 13.0 Å². The van der Waals surface area contributed by atoms with Crippen molar-refractivity contribution in [2.75, 3.05) is 19.8 Å². The lowest BCUT2D eigenvalue weighted by atomic mass is 10.4. The number of carbonyl (C=O) groups is 1. The first-order valence-electron chi connectivity index (χ1n) is 4.29. The molecule has 0 radical (unpaired) electrons. The van der Waals surface area contributed by atoms with Gasteiger partial charge >= 0.3 is 0 Å². The van der Waals surface area contributed by atoms with Crippen molar-refractivity contribution < 1.29 is 9.53 Å². The number of carbonyl (C=O) groups excluding carboxylic acids is 1. The molecule has 13 heavy (non-hydrogen) atoms. The Bertz CT molecular complexity index is 174. The van der Waals surface area contributed by atoms with Gasteiger partial charge in [-0.1, -0.05) is 19.1 Å². The fraction of sp³-hybridized carbons (Fsp3) is 0.750. The van der Waals surface area contributed by atoms with Crippen LogP contribution in [-0.2, 0) is 9.53 Å². The summed E-state index contributed by atoms with van der Waals surface area (Å²) in [5.74, 6) is -0.0797. The van der Waals surface area contributed by atoms with Crippen LogP contribution in [0.2, 0.25) is 0 Å². The molecular formula is C8H16N2O2S. The molecular weight excluding hydrogens is 188 g/mol. The summed E-state index contributed by atoms with van der Waals surface area (Å²) in [6, 6.07) is 0. The van der Waals surface area contributed by atoms with Crippen LogP contribution in [0.4, 0.5) is 0 Å². The molecule has 5 heteroatoms. The highest BCUT2D eigenvalue weighted by Crippen LogP contribution is 1.85. The largest absolute Gasteiger partial charge is 0.392 e. The molecule has 0 atom stereocenters. The van der Waals surface area contributed by atoms with Crippen LogP contribution in [0, 0.1) is 0 Å². The summed E-state index contributed by atoms with van der Waals surface area (Å²) in [6.07, 6.45) is 1.33. The Balaban J connectivity index is 3.25. The van der Waals surface area contributed by atoms with Gasteiger partial charge in [-0.25, -0.2) is 0 Å². The third-order valence-electron chi connectivity index (χ3n) is 1.28. The summed E-state index contributed by atoms with van der Waals surface area (Å²) in [7, 11) is 0. The average molecular weight is 204 g/mol. The number of ether oxygens (including phenoxy) is 1. The fourth-order valence-electron chi connectivity index (χ4n) is 0.685. The first-order chi connectivity index (χ1) is 6.16. The Kier molecular flexibility index (Phi) is 7.53. The Morgan fingerprint density at radius 3 is 2.77 bits per heavy atom. The molecule has 0 rings (SSSR count). The maximum atomic E-state index is 11.0. The molecule has 4 nitrogen and oxygen atoms in total. The van der Waals surface area contributed by atoms with Crippen molar-refractivity contribution in [3.05, 3.63) is 0 Å². The fourth-order valence-corrected chi connectivity index (χ4v) is 0.758. The van der Waals surface area contributed by atoms with E-state index in [4.69, 9.17) is 10.5 Å². The predicted molar refractivity (Wildman–Crippen MR) is 55.5 cm³/mol. The van der Waals surface area contributed by atoms with Crippen molar-refractivity contribution in [2.45, 2.75) is 19.8 Å². The van der Waals surface area contributed by atoms with E-state index in [1.165, 1.54) is 0 Å². The number of nitrogens with two attached hydrogens (primary N) is 1. The van der Waals surface area contributed by atoms with E-state index in [-0.39, 0.29) is 12.5 Å². The van der Waals surface area contributed by atoms with E-state index in [1.54, 1.807) is 0 Å². The molecule has 0 unspecified atom stereocenters. The summed E-state index contributed by atoms with van der Waals surface area (Å²) < 4.78 is 5.14. The monoisotopic (exact) mass is 204 g/mol. The van der Waals surface area contributed by atoms with Gasteiger partial charge in [0.1, 0.15) is 0 Å². The summed E-state index contributed by atoms with van der Waals surface area (Å²) in [5, 5.41) is 2.57. The van der Waals surface area contributed by atoms with E-state index in [9.17, 15) is 4.79 Å². The minimum atomic E-state index is -0.0797. The second-order valence-electron chi connectivity index (χ2n) is 2.61. The number of thiocarbonyl (C=S) groups is 1. The molecule has 0 aliphatic heterocycles. The molecule has 0 saturated heterocycles. The molecule has 0 aromatic rings. The molecule has 1 amide bonds. The van der Waals surface area contributed by atoms with Gasteiger partial charge < -0.3 is 15.8 Å². The van der Waals surface area contributed by atoms with Crippen molar-refractivity contribution in [1.29, 1.82) is 0 Å². The number of rotatable bonds is 7. The van der Waals surface area contributed by atoms with Crippen LogP contribution >= 0.6 is 12.2 Å². The van der Waals surface area contributed by atoms with Gasteiger partial charge in [0.15, 0.2) is 0 Å². The normalized spacial score (nSPS) is 9.62. The highest BCUT2D eigenvalue weighted by Gasteiger charge is 2.00. The minimum absolute atomic E-state index is 0.0797. The van der Waals surface area contributed by atoms with Crippen LogP contribution in [0.1, 0.15) is 19.8 Å². The molecule has 0 bridgehead atoms. The maximum absolute atomic E-state index is 11.0. The quantitative estimate of drug-likeness (QED) is 0.459. The van der Waals surface area contributed by atoms with Crippen molar-refractivity contribution in [3.63, 3.8) is 0 Å². The first kappa shape index (κ1) is 12.3. The van der Waals surface area contributed by atoms with Crippen molar-refractivity contribution >= 4 is 23.1 Å². The lowest BCUT2D eigenvalue weighted by Crippen LogP contribution is -2.32. The number of hydrogen-bond donors (Lipinski definition) is 2. The lowest BCUT2D eigenvalue weighted by molar-refractivity contribution is -0.121. The Labute approximate surface area is 83.8 Å². The zero-order valence-corrected chi connectivity index (χ0v) is 8.65. The molecule has 0 spiro atoms. The van der Waals surface area contributed by atoms with Crippen LogP contribution in [0.25, 0.3) is 0 Å². The molecule has 0 aromatic carbocycles. The van der Waals surface area contributed by atoms with Gasteiger partial charge in [0.2, 0.25) is 5.91 Å². The summed E-state index contributed by atoms with van der Waals surface area (Å²) in [5.41, 5.74) is 5.20. The van der Waals surface area contributed by atoms with Crippen molar-refractivity contribution in [1.82, 2.24) is 5.32 Å². The molecule has 0 saturated carbocycles. The topological polar surface area (TPSA) is 64.3 Å². The third kappa shape index (κ3) is 9.23. The van der Waals surface area contributed by atoms with Crippen LogP contribution in [-0.4, -0.2) is 30.7 Å². The Hall–Kier alpha value is -0.680. The van der Waals surface area contributed by atoms with E-state index in [1.807, 2.05) is 6.92 Å². The smallest absolute Gasteiger partial charge is 0.222 e. The van der Waals surface area contributed by atoms with Crippen LogP contribution in [0.3, 0.4) is 0 Å². The van der Waals surface area contributed by atoms with Gasteiger partial charge in [-0.3, -0.25) is 4.79 Å². The molecule has 0 fully saturated rings. The Morgan fingerprint density at radius 2 is 2.23 bits per heavy atom. The Morgan fingerprint density at radius 1 is 1.54 bits per heavy atom. The van der Waals surface area contributed by atoms with E-state index < -0.39 is 0 Å². The van der Waals surface area contributed by atoms with Gasteiger partial charge in [0.25, 0.3) is 0 Å². The SMILES string of the molecule is CCCOCCC(=O)NCC(N)=S. The molecule has 0 heterocycles. The minimum Gasteiger partial charge on any atom is -0.392 e. The van der Waals surface area contributed by atoms with Crippen LogP contribution in [0.5, 0.6) is 0 Å². The van der Waals surface area contributed by atoms with Crippen LogP contribution in [0.15, 0.2) is 0 Å². The summed E-state index contributed by atoms with van der Waals surface area (Å²) >= 11 is 4.60. The molecule has 76 valence electrons. The maximum Gasteiger partial charge on any atom is 0.222 e. The van der Waals surface area contributed by atoms with Gasteiger partial charge in [-0.15, -0.1) is 0 Å². The molecule has 3 N–H and O–H groups in total. The third-order valence-corrected chi connectivity index (χ3v) is 1.43. The van der Waals surface area contributed by atoms with Crippen molar-refractivity contribution in [2.24, 2.45) is 5.73 Å². The second-order valence-corrected chi connectivity index (χ2v) is 3.13. The lowest BCUT2D eigenvalue weighted by Gasteiger charge is -2.03. The zero-order chi connectivity index (χ0) is 10.1. The zero-order valence-electron chi connectivity index (χ0n) is 7.84. The van der Waals surface area contributed by atoms with E-state index in [0.717, 1.165) is 6.42 Å². The molecule has 0 aliphatic rings. The highest BCUT2D eigenvalue weighted by molar-refractivity contribution is 7.80. The standard InChI is InChI=1S/C8H16N2O2S/c1-2-4-12-5-3-8(11)10-6-7(9)13/h2-6H2,1H3,(H2,9,13)(H,10,11).